The Morgan fingerprint density at radius 2 is 2.14 bits per heavy atom. The number of alkyl halides is 2. The van der Waals surface area contributed by atoms with Gasteiger partial charge in [0.2, 0.25) is 0 Å². The molecular weight excluding hydrogens is 191 g/mol. The summed E-state index contributed by atoms with van der Waals surface area (Å²) in [4.78, 5) is 0. The van der Waals surface area contributed by atoms with Crippen LogP contribution in [0.3, 0.4) is 0 Å². The lowest BCUT2D eigenvalue weighted by Crippen LogP contribution is -2.19. The van der Waals surface area contributed by atoms with Crippen LogP contribution in [0.25, 0.3) is 0 Å². The predicted molar refractivity (Wildman–Crippen MR) is 46.7 cm³/mol. The molecule has 1 aliphatic heterocycles. The van der Waals surface area contributed by atoms with Crippen molar-refractivity contribution in [1.82, 2.24) is 5.32 Å². The quantitative estimate of drug-likeness (QED) is 0.736. The Morgan fingerprint density at radius 3 is 2.71 bits per heavy atom. The average Bonchev–Trinajstić information content (AvgIpc) is 2.46. The van der Waals surface area contributed by atoms with Crippen LogP contribution in [0.5, 0.6) is 0 Å². The van der Waals surface area contributed by atoms with Crippen molar-refractivity contribution in [3.8, 4) is 0 Å². The second-order valence-electron chi connectivity index (χ2n) is 3.55. The number of halogens is 3. The van der Waals surface area contributed by atoms with Crippen molar-refractivity contribution in [2.75, 3.05) is 6.54 Å². The van der Waals surface area contributed by atoms with Crippen LogP contribution in [0.2, 0.25) is 0 Å². The van der Waals surface area contributed by atoms with Gasteiger partial charge in [-0.05, 0) is 17.7 Å². The molecule has 1 aliphatic rings. The second kappa shape index (κ2) is 3.28. The molecule has 1 nitrogen and oxygen atoms in total. The van der Waals surface area contributed by atoms with Gasteiger partial charge in [0.25, 0.3) is 5.92 Å². The van der Waals surface area contributed by atoms with Gasteiger partial charge in [-0.25, -0.2) is 13.2 Å². The van der Waals surface area contributed by atoms with E-state index in [2.05, 4.69) is 5.32 Å². The molecule has 1 atom stereocenters. The number of nitrogens with one attached hydrogen (secondary N) is 1. The van der Waals surface area contributed by atoms with Gasteiger partial charge < -0.3 is 5.32 Å². The van der Waals surface area contributed by atoms with Gasteiger partial charge in [-0.2, -0.15) is 0 Å². The fraction of sp³-hybridized carbons (Fsp3) is 0.400. The Labute approximate surface area is 79.9 Å². The van der Waals surface area contributed by atoms with E-state index in [9.17, 15) is 13.2 Å². The smallest absolute Gasteiger partial charge is 0.262 e. The summed E-state index contributed by atoms with van der Waals surface area (Å²) in [5, 5.41) is 2.67. The van der Waals surface area contributed by atoms with E-state index in [1.165, 1.54) is 18.2 Å². The van der Waals surface area contributed by atoms with Crippen molar-refractivity contribution in [3.63, 3.8) is 0 Å². The highest BCUT2D eigenvalue weighted by molar-refractivity contribution is 5.21. The van der Waals surface area contributed by atoms with Gasteiger partial charge in [0.1, 0.15) is 5.82 Å². The van der Waals surface area contributed by atoms with Gasteiger partial charge in [-0.1, -0.05) is 12.1 Å². The molecule has 2 rings (SSSR count). The first-order chi connectivity index (χ1) is 6.57. The first kappa shape index (κ1) is 9.52. The Kier molecular flexibility index (Phi) is 2.23. The van der Waals surface area contributed by atoms with E-state index in [1.54, 1.807) is 6.07 Å². The van der Waals surface area contributed by atoms with Gasteiger partial charge in [0.15, 0.2) is 0 Å². The minimum Gasteiger partial charge on any atom is -0.304 e. The monoisotopic (exact) mass is 201 g/mol. The maximum Gasteiger partial charge on any atom is 0.262 e. The van der Waals surface area contributed by atoms with Crippen LogP contribution in [0.4, 0.5) is 13.2 Å². The van der Waals surface area contributed by atoms with E-state index in [0.29, 0.717) is 5.56 Å². The Morgan fingerprint density at radius 1 is 1.36 bits per heavy atom. The summed E-state index contributed by atoms with van der Waals surface area (Å²) >= 11 is 0. The molecular formula is C10H10F3N. The number of hydrogen-bond acceptors (Lipinski definition) is 1. The van der Waals surface area contributed by atoms with Crippen LogP contribution in [-0.2, 0) is 0 Å². The van der Waals surface area contributed by atoms with Crippen LogP contribution in [0, 0.1) is 5.82 Å². The summed E-state index contributed by atoms with van der Waals surface area (Å²) in [5.74, 6) is -3.06. The van der Waals surface area contributed by atoms with E-state index < -0.39 is 12.0 Å². The van der Waals surface area contributed by atoms with Crippen molar-refractivity contribution in [2.45, 2.75) is 18.4 Å². The largest absolute Gasteiger partial charge is 0.304 e. The normalized spacial score (nSPS) is 25.2. The molecule has 0 spiro atoms. The molecule has 1 aromatic rings. The second-order valence-corrected chi connectivity index (χ2v) is 3.55. The molecule has 0 bridgehead atoms. The third kappa shape index (κ3) is 1.90. The molecule has 76 valence electrons. The van der Waals surface area contributed by atoms with Crippen LogP contribution in [-0.4, -0.2) is 12.5 Å². The summed E-state index contributed by atoms with van der Waals surface area (Å²) in [6, 6.07) is 5.35. The molecule has 14 heavy (non-hydrogen) atoms. The Hall–Kier alpha value is -1.03. The third-order valence-electron chi connectivity index (χ3n) is 2.36. The predicted octanol–water partition coefficient (Wildman–Crippen LogP) is 2.50. The number of hydrogen-bond donors (Lipinski definition) is 1. The first-order valence-electron chi connectivity index (χ1n) is 4.43. The topological polar surface area (TPSA) is 12.0 Å². The van der Waals surface area contributed by atoms with Crippen molar-refractivity contribution in [1.29, 1.82) is 0 Å². The number of benzene rings is 1. The van der Waals surface area contributed by atoms with Gasteiger partial charge in [-0.3, -0.25) is 0 Å². The van der Waals surface area contributed by atoms with E-state index in [1.807, 2.05) is 0 Å². The standard InChI is InChI=1S/C10H10F3N/c11-8-3-1-2-7(4-8)9-5-10(12,13)6-14-9/h1-4,9,14H,5-6H2. The summed E-state index contributed by atoms with van der Waals surface area (Å²) < 4.78 is 38.4. The van der Waals surface area contributed by atoms with Crippen molar-refractivity contribution in [3.05, 3.63) is 35.6 Å². The minimum absolute atomic E-state index is 0.254. The highest BCUT2D eigenvalue weighted by Gasteiger charge is 2.39. The zero-order valence-electron chi connectivity index (χ0n) is 7.43. The summed E-state index contributed by atoms with van der Waals surface area (Å²) in [6.45, 7) is -0.325. The van der Waals surface area contributed by atoms with E-state index in [-0.39, 0.29) is 18.8 Å². The van der Waals surface area contributed by atoms with Gasteiger partial charge in [0.05, 0.1) is 6.54 Å². The fourth-order valence-electron chi connectivity index (χ4n) is 1.67. The molecule has 1 heterocycles. The molecule has 4 heteroatoms. The van der Waals surface area contributed by atoms with E-state index >= 15 is 0 Å². The van der Waals surface area contributed by atoms with Gasteiger partial charge >= 0.3 is 0 Å². The third-order valence-corrected chi connectivity index (χ3v) is 2.36. The SMILES string of the molecule is Fc1cccc(C2CC(F)(F)CN2)c1. The average molecular weight is 201 g/mol. The van der Waals surface area contributed by atoms with Crippen molar-refractivity contribution >= 4 is 0 Å². The maximum atomic E-state index is 12.8. The zero-order valence-corrected chi connectivity index (χ0v) is 7.43. The summed E-state index contributed by atoms with van der Waals surface area (Å²) in [7, 11) is 0. The molecule has 0 aromatic heterocycles. The maximum absolute atomic E-state index is 12.8. The summed E-state index contributed by atoms with van der Waals surface area (Å²) in [6.07, 6.45) is -0.254. The van der Waals surface area contributed by atoms with Gasteiger partial charge in [0, 0.05) is 12.5 Å². The molecule has 0 aliphatic carbocycles. The highest BCUT2D eigenvalue weighted by atomic mass is 19.3. The Bertz CT molecular complexity index is 338. The van der Waals surface area contributed by atoms with Crippen LogP contribution in [0.1, 0.15) is 18.0 Å². The molecule has 0 saturated carbocycles. The minimum atomic E-state index is -2.67. The van der Waals surface area contributed by atoms with Crippen LogP contribution in [0.15, 0.2) is 24.3 Å². The molecule has 1 aromatic carbocycles. The molecule has 1 saturated heterocycles. The summed E-state index contributed by atoms with van der Waals surface area (Å²) in [5.41, 5.74) is 0.585. The fourth-order valence-corrected chi connectivity index (χ4v) is 1.67. The molecule has 0 amide bonds. The molecule has 0 radical (unpaired) electrons. The van der Waals surface area contributed by atoms with Crippen molar-refractivity contribution in [2.24, 2.45) is 0 Å². The lowest BCUT2D eigenvalue weighted by Gasteiger charge is -2.10. The van der Waals surface area contributed by atoms with Crippen molar-refractivity contribution < 1.29 is 13.2 Å². The highest BCUT2D eigenvalue weighted by Crippen LogP contribution is 2.33. The lowest BCUT2D eigenvalue weighted by molar-refractivity contribution is 0.0210. The Balaban J connectivity index is 2.17. The lowest BCUT2D eigenvalue weighted by atomic mass is 10.0. The van der Waals surface area contributed by atoms with Crippen LogP contribution >= 0.6 is 0 Å². The molecule has 1 N–H and O–H groups in total. The number of rotatable bonds is 1. The van der Waals surface area contributed by atoms with Gasteiger partial charge in [-0.15, -0.1) is 0 Å². The zero-order chi connectivity index (χ0) is 10.2. The molecule has 1 unspecified atom stereocenters. The van der Waals surface area contributed by atoms with Crippen LogP contribution < -0.4 is 5.32 Å². The van der Waals surface area contributed by atoms with E-state index in [0.717, 1.165) is 0 Å². The van der Waals surface area contributed by atoms with E-state index in [4.69, 9.17) is 0 Å². The molecule has 1 fully saturated rings. The first-order valence-corrected chi connectivity index (χ1v) is 4.43.